The van der Waals surface area contributed by atoms with Crippen molar-refractivity contribution >= 4 is 17.7 Å². The van der Waals surface area contributed by atoms with Crippen LogP contribution in [0, 0.1) is 6.92 Å². The highest BCUT2D eigenvalue weighted by Gasteiger charge is 2.16. The fraction of sp³-hybridized carbons (Fsp3) is 0.250. The maximum atomic E-state index is 10.9. The third kappa shape index (κ3) is 2.89. The summed E-state index contributed by atoms with van der Waals surface area (Å²) in [4.78, 5) is 10.9. The highest BCUT2D eigenvalue weighted by atomic mass is 32.2. The summed E-state index contributed by atoms with van der Waals surface area (Å²) in [5.74, 6) is 0.0353. The molecule has 0 radical (unpaired) electrons. The molecule has 6 heteroatoms. The standard InChI is InChI=1S/C12H13N3O2S/c1-7-4-3-5-9(6-7)11-14-15-12(17-11)18-8(2)10(13)16/h3-6,8H,1-2H3,(H2,13,16)/t8-/m0/s1. The smallest absolute Gasteiger partial charge is 0.277 e. The number of amides is 1. The topological polar surface area (TPSA) is 82.0 Å². The summed E-state index contributed by atoms with van der Waals surface area (Å²) in [6, 6.07) is 7.77. The molecule has 18 heavy (non-hydrogen) atoms. The Labute approximate surface area is 109 Å². The van der Waals surface area contributed by atoms with Crippen LogP contribution in [0.25, 0.3) is 11.5 Å². The number of nitrogens with two attached hydrogens (primary N) is 1. The van der Waals surface area contributed by atoms with Crippen molar-refractivity contribution < 1.29 is 9.21 Å². The quantitative estimate of drug-likeness (QED) is 0.853. The van der Waals surface area contributed by atoms with Gasteiger partial charge >= 0.3 is 0 Å². The van der Waals surface area contributed by atoms with Gasteiger partial charge in [-0.25, -0.2) is 0 Å². The molecule has 2 aromatic rings. The van der Waals surface area contributed by atoms with Gasteiger partial charge in [-0.1, -0.05) is 29.5 Å². The first kappa shape index (κ1) is 12.6. The number of carbonyl (C=O) groups excluding carboxylic acids is 1. The van der Waals surface area contributed by atoms with E-state index in [1.54, 1.807) is 6.92 Å². The van der Waals surface area contributed by atoms with Gasteiger partial charge in [0.15, 0.2) is 0 Å². The number of rotatable bonds is 4. The fourth-order valence-corrected chi connectivity index (χ4v) is 2.00. The molecule has 2 rings (SSSR count). The maximum Gasteiger partial charge on any atom is 0.277 e. The van der Waals surface area contributed by atoms with Crippen LogP contribution in [0.3, 0.4) is 0 Å². The van der Waals surface area contributed by atoms with E-state index in [2.05, 4.69) is 10.2 Å². The number of aromatic nitrogens is 2. The highest BCUT2D eigenvalue weighted by Crippen LogP contribution is 2.26. The van der Waals surface area contributed by atoms with E-state index in [1.165, 1.54) is 0 Å². The number of hydrogen-bond acceptors (Lipinski definition) is 5. The normalized spacial score (nSPS) is 12.3. The summed E-state index contributed by atoms with van der Waals surface area (Å²) < 4.78 is 5.48. The minimum absolute atomic E-state index is 0.345. The lowest BCUT2D eigenvalue weighted by atomic mass is 10.1. The Morgan fingerprint density at radius 1 is 1.44 bits per heavy atom. The first-order chi connectivity index (χ1) is 8.56. The molecule has 1 aromatic carbocycles. The van der Waals surface area contributed by atoms with E-state index < -0.39 is 11.2 Å². The monoisotopic (exact) mass is 263 g/mol. The predicted molar refractivity (Wildman–Crippen MR) is 69.0 cm³/mol. The van der Waals surface area contributed by atoms with Crippen molar-refractivity contribution in [3.8, 4) is 11.5 Å². The summed E-state index contributed by atoms with van der Waals surface area (Å²) in [5.41, 5.74) is 7.15. The van der Waals surface area contributed by atoms with E-state index in [9.17, 15) is 4.79 Å². The molecule has 0 unspecified atom stereocenters. The van der Waals surface area contributed by atoms with Crippen LogP contribution in [0.1, 0.15) is 12.5 Å². The Hall–Kier alpha value is -1.82. The third-order valence-electron chi connectivity index (χ3n) is 2.35. The number of benzene rings is 1. The highest BCUT2D eigenvalue weighted by molar-refractivity contribution is 8.00. The van der Waals surface area contributed by atoms with Gasteiger partial charge in [-0.2, -0.15) is 0 Å². The Morgan fingerprint density at radius 3 is 2.89 bits per heavy atom. The van der Waals surface area contributed by atoms with Crippen molar-refractivity contribution in [3.63, 3.8) is 0 Å². The molecule has 0 fully saturated rings. The lowest BCUT2D eigenvalue weighted by Gasteiger charge is -2.01. The molecular weight excluding hydrogens is 250 g/mol. The summed E-state index contributed by atoms with van der Waals surface area (Å²) in [7, 11) is 0. The first-order valence-corrected chi connectivity index (χ1v) is 6.31. The van der Waals surface area contributed by atoms with Crippen molar-refractivity contribution in [2.75, 3.05) is 0 Å². The van der Waals surface area contributed by atoms with Crippen LogP contribution in [0.15, 0.2) is 33.9 Å². The van der Waals surface area contributed by atoms with E-state index >= 15 is 0 Å². The van der Waals surface area contributed by atoms with Crippen LogP contribution in [0.2, 0.25) is 0 Å². The summed E-state index contributed by atoms with van der Waals surface area (Å²) in [5, 5.41) is 7.79. The Kier molecular flexibility index (Phi) is 3.66. The molecule has 1 heterocycles. The molecule has 94 valence electrons. The second-order valence-electron chi connectivity index (χ2n) is 3.91. The van der Waals surface area contributed by atoms with Crippen molar-refractivity contribution in [2.45, 2.75) is 24.3 Å². The van der Waals surface area contributed by atoms with E-state index in [1.807, 2.05) is 31.2 Å². The zero-order valence-electron chi connectivity index (χ0n) is 10.1. The number of nitrogens with zero attached hydrogens (tertiary/aromatic N) is 2. The molecule has 1 amide bonds. The Bertz CT molecular complexity index is 568. The zero-order valence-corrected chi connectivity index (χ0v) is 10.9. The van der Waals surface area contributed by atoms with E-state index in [-0.39, 0.29) is 0 Å². The van der Waals surface area contributed by atoms with E-state index in [0.29, 0.717) is 11.1 Å². The van der Waals surface area contributed by atoms with Gasteiger partial charge in [-0.15, -0.1) is 10.2 Å². The van der Waals surface area contributed by atoms with Crippen LogP contribution in [-0.2, 0) is 4.79 Å². The second-order valence-corrected chi connectivity index (χ2v) is 5.20. The average Bonchev–Trinajstić information content (AvgIpc) is 2.77. The molecule has 0 aliphatic heterocycles. The van der Waals surface area contributed by atoms with Gasteiger partial charge in [0.2, 0.25) is 11.8 Å². The summed E-state index contributed by atoms with van der Waals surface area (Å²) in [6.07, 6.45) is 0. The predicted octanol–water partition coefficient (Wildman–Crippen LogP) is 2.01. The van der Waals surface area contributed by atoms with Crippen molar-refractivity contribution in [2.24, 2.45) is 5.73 Å². The first-order valence-electron chi connectivity index (χ1n) is 5.43. The van der Waals surface area contributed by atoms with Crippen LogP contribution in [0.4, 0.5) is 0 Å². The molecular formula is C12H13N3O2S. The third-order valence-corrected chi connectivity index (χ3v) is 3.30. The van der Waals surface area contributed by atoms with Gasteiger partial charge in [-0.3, -0.25) is 4.79 Å². The molecule has 0 bridgehead atoms. The summed E-state index contributed by atoms with van der Waals surface area (Å²) >= 11 is 1.16. The zero-order chi connectivity index (χ0) is 13.1. The minimum atomic E-state index is -0.407. The van der Waals surface area contributed by atoms with Gasteiger partial charge < -0.3 is 10.2 Å². The SMILES string of the molecule is Cc1cccc(-c2nnc(S[C@@H](C)C(N)=O)o2)c1. The van der Waals surface area contributed by atoms with Crippen molar-refractivity contribution in [3.05, 3.63) is 29.8 Å². The maximum absolute atomic E-state index is 10.9. The van der Waals surface area contributed by atoms with Gasteiger partial charge in [0.1, 0.15) is 0 Å². The fourth-order valence-electron chi connectivity index (χ4n) is 1.36. The minimum Gasteiger partial charge on any atom is -0.411 e. The van der Waals surface area contributed by atoms with Crippen LogP contribution in [0.5, 0.6) is 0 Å². The number of carbonyl (C=O) groups is 1. The number of aryl methyl sites for hydroxylation is 1. The second kappa shape index (κ2) is 5.22. The molecule has 0 aliphatic rings. The van der Waals surface area contributed by atoms with Crippen LogP contribution < -0.4 is 5.73 Å². The van der Waals surface area contributed by atoms with Gasteiger partial charge in [0.05, 0.1) is 5.25 Å². The van der Waals surface area contributed by atoms with Gasteiger partial charge in [0.25, 0.3) is 5.22 Å². The molecule has 0 spiro atoms. The lowest BCUT2D eigenvalue weighted by Crippen LogP contribution is -2.22. The van der Waals surface area contributed by atoms with E-state index in [4.69, 9.17) is 10.2 Å². The number of thioether (sulfide) groups is 1. The lowest BCUT2D eigenvalue weighted by molar-refractivity contribution is -0.117. The average molecular weight is 263 g/mol. The Balaban J connectivity index is 2.18. The Morgan fingerprint density at radius 2 is 2.22 bits per heavy atom. The molecule has 2 N–H and O–H groups in total. The largest absolute Gasteiger partial charge is 0.411 e. The number of hydrogen-bond donors (Lipinski definition) is 1. The van der Waals surface area contributed by atoms with Crippen molar-refractivity contribution in [1.29, 1.82) is 0 Å². The molecule has 1 atom stereocenters. The molecule has 1 aromatic heterocycles. The van der Waals surface area contributed by atoms with E-state index in [0.717, 1.165) is 22.9 Å². The summed E-state index contributed by atoms with van der Waals surface area (Å²) in [6.45, 7) is 3.69. The number of primary amides is 1. The molecule has 5 nitrogen and oxygen atoms in total. The van der Waals surface area contributed by atoms with Crippen LogP contribution >= 0.6 is 11.8 Å². The molecule has 0 saturated carbocycles. The van der Waals surface area contributed by atoms with Crippen LogP contribution in [-0.4, -0.2) is 21.4 Å². The van der Waals surface area contributed by atoms with Gasteiger partial charge in [-0.05, 0) is 26.0 Å². The molecule has 0 saturated heterocycles. The van der Waals surface area contributed by atoms with Gasteiger partial charge in [0, 0.05) is 5.56 Å². The molecule has 0 aliphatic carbocycles. The van der Waals surface area contributed by atoms with Crippen molar-refractivity contribution in [1.82, 2.24) is 10.2 Å².